The van der Waals surface area contributed by atoms with E-state index < -0.39 is 0 Å². The molecule has 5 heteroatoms. The number of carbonyl (C=O) groups is 1. The van der Waals surface area contributed by atoms with Crippen molar-refractivity contribution in [3.05, 3.63) is 52.8 Å². The zero-order chi connectivity index (χ0) is 16.6. The summed E-state index contributed by atoms with van der Waals surface area (Å²) in [6.45, 7) is 7.68. The molecule has 0 spiro atoms. The summed E-state index contributed by atoms with van der Waals surface area (Å²) in [5, 5.41) is 4.56. The Kier molecular flexibility index (Phi) is 4.22. The number of aromatic nitrogens is 2. The molecule has 5 nitrogen and oxygen atoms in total. The van der Waals surface area contributed by atoms with Crippen molar-refractivity contribution in [2.75, 3.05) is 0 Å². The van der Waals surface area contributed by atoms with Crippen LogP contribution in [0.1, 0.15) is 42.3 Å². The van der Waals surface area contributed by atoms with Crippen molar-refractivity contribution in [2.45, 2.75) is 52.4 Å². The van der Waals surface area contributed by atoms with Crippen LogP contribution in [0.3, 0.4) is 0 Å². The third-order valence-corrected chi connectivity index (χ3v) is 4.60. The van der Waals surface area contributed by atoms with E-state index in [0.717, 1.165) is 17.8 Å². The predicted octanol–water partition coefficient (Wildman–Crippen LogP) is 2.18. The zero-order valence-electron chi connectivity index (χ0n) is 14.0. The maximum Gasteiger partial charge on any atom is 0.235 e. The van der Waals surface area contributed by atoms with Crippen LogP contribution in [-0.2, 0) is 24.3 Å². The second-order valence-corrected chi connectivity index (χ2v) is 6.61. The molecule has 1 aromatic carbocycles. The first-order chi connectivity index (χ1) is 11.0. The van der Waals surface area contributed by atoms with Gasteiger partial charge in [0.15, 0.2) is 0 Å². The van der Waals surface area contributed by atoms with Crippen molar-refractivity contribution in [1.82, 2.24) is 14.7 Å². The Hall–Kier alpha value is -2.14. The lowest BCUT2D eigenvalue weighted by atomic mass is 9.93. The van der Waals surface area contributed by atoms with Gasteiger partial charge in [-0.3, -0.25) is 14.4 Å². The van der Waals surface area contributed by atoms with Gasteiger partial charge < -0.3 is 5.73 Å². The molecule has 0 saturated heterocycles. The van der Waals surface area contributed by atoms with Crippen molar-refractivity contribution < 1.29 is 4.79 Å². The van der Waals surface area contributed by atoms with Gasteiger partial charge in [-0.2, -0.15) is 5.10 Å². The average molecular weight is 312 g/mol. The third-order valence-electron chi connectivity index (χ3n) is 4.60. The molecule has 2 N–H and O–H groups in total. The van der Waals surface area contributed by atoms with Gasteiger partial charge >= 0.3 is 0 Å². The number of hydrogen-bond acceptors (Lipinski definition) is 3. The summed E-state index contributed by atoms with van der Waals surface area (Å²) < 4.78 is 1.97. The molecule has 3 rings (SSSR count). The van der Waals surface area contributed by atoms with E-state index in [9.17, 15) is 4.79 Å². The number of rotatable bonds is 4. The molecule has 122 valence electrons. The van der Waals surface area contributed by atoms with E-state index in [1.165, 1.54) is 11.1 Å². The first-order valence-electron chi connectivity index (χ1n) is 8.10. The van der Waals surface area contributed by atoms with Crippen LogP contribution in [0.25, 0.3) is 0 Å². The minimum Gasteiger partial charge on any atom is -0.368 e. The number of benzene rings is 1. The maximum absolute atomic E-state index is 11.9. The largest absolute Gasteiger partial charge is 0.368 e. The highest BCUT2D eigenvalue weighted by molar-refractivity contribution is 5.80. The number of amides is 1. The fourth-order valence-corrected chi connectivity index (χ4v) is 3.18. The SMILES string of the molecule is Cc1nn(C(C)C)cc1CN1Cc2ccccc2CC1C(N)=O. The molecule has 2 aromatic rings. The van der Waals surface area contributed by atoms with Crippen LogP contribution in [0.5, 0.6) is 0 Å². The molecule has 1 aliphatic heterocycles. The Morgan fingerprint density at radius 3 is 2.65 bits per heavy atom. The molecule has 1 unspecified atom stereocenters. The van der Waals surface area contributed by atoms with Crippen LogP contribution < -0.4 is 5.73 Å². The predicted molar refractivity (Wildman–Crippen MR) is 89.7 cm³/mol. The molecule has 1 aliphatic rings. The van der Waals surface area contributed by atoms with Gasteiger partial charge in [-0.05, 0) is 38.3 Å². The summed E-state index contributed by atoms with van der Waals surface area (Å²) in [6, 6.07) is 8.35. The molecular formula is C18H24N4O. The second-order valence-electron chi connectivity index (χ2n) is 6.61. The van der Waals surface area contributed by atoms with E-state index in [0.29, 0.717) is 19.0 Å². The molecule has 1 aromatic heterocycles. The lowest BCUT2D eigenvalue weighted by Gasteiger charge is -2.34. The topological polar surface area (TPSA) is 64.2 Å². The van der Waals surface area contributed by atoms with Crippen LogP contribution >= 0.6 is 0 Å². The van der Waals surface area contributed by atoms with E-state index in [4.69, 9.17) is 5.73 Å². The fourth-order valence-electron chi connectivity index (χ4n) is 3.18. The molecular weight excluding hydrogens is 288 g/mol. The first-order valence-corrected chi connectivity index (χ1v) is 8.10. The quantitative estimate of drug-likeness (QED) is 0.941. The van der Waals surface area contributed by atoms with E-state index in [-0.39, 0.29) is 11.9 Å². The number of primary amides is 1. The number of nitrogens with zero attached hydrogens (tertiary/aromatic N) is 3. The summed E-state index contributed by atoms with van der Waals surface area (Å²) in [6.07, 6.45) is 2.77. The summed E-state index contributed by atoms with van der Waals surface area (Å²) in [5.74, 6) is -0.256. The van der Waals surface area contributed by atoms with Crippen molar-refractivity contribution in [3.8, 4) is 0 Å². The Labute approximate surface area is 137 Å². The van der Waals surface area contributed by atoms with E-state index in [1.807, 2.05) is 23.7 Å². The lowest BCUT2D eigenvalue weighted by molar-refractivity contribution is -0.124. The Morgan fingerprint density at radius 1 is 1.35 bits per heavy atom. The monoisotopic (exact) mass is 312 g/mol. The minimum absolute atomic E-state index is 0.256. The zero-order valence-corrected chi connectivity index (χ0v) is 14.0. The summed E-state index contributed by atoms with van der Waals surface area (Å²) in [4.78, 5) is 14.1. The van der Waals surface area contributed by atoms with E-state index in [2.05, 4.69) is 42.2 Å². The Morgan fingerprint density at radius 2 is 2.04 bits per heavy atom. The summed E-state index contributed by atoms with van der Waals surface area (Å²) in [5.41, 5.74) is 10.3. The number of fused-ring (bicyclic) bond motifs is 1. The third kappa shape index (κ3) is 3.15. The highest BCUT2D eigenvalue weighted by Gasteiger charge is 2.30. The van der Waals surface area contributed by atoms with Crippen molar-refractivity contribution in [2.24, 2.45) is 5.73 Å². The molecule has 0 aliphatic carbocycles. The molecule has 0 bridgehead atoms. The van der Waals surface area contributed by atoms with Crippen molar-refractivity contribution in [3.63, 3.8) is 0 Å². The van der Waals surface area contributed by atoms with Gasteiger partial charge in [-0.15, -0.1) is 0 Å². The molecule has 23 heavy (non-hydrogen) atoms. The number of hydrogen-bond donors (Lipinski definition) is 1. The van der Waals surface area contributed by atoms with Crippen LogP contribution in [0.2, 0.25) is 0 Å². The molecule has 0 saturated carbocycles. The van der Waals surface area contributed by atoms with E-state index in [1.54, 1.807) is 0 Å². The lowest BCUT2D eigenvalue weighted by Crippen LogP contribution is -2.48. The van der Waals surface area contributed by atoms with Gasteiger partial charge in [0.05, 0.1) is 11.7 Å². The Bertz CT molecular complexity index is 720. The fraction of sp³-hybridized carbons (Fsp3) is 0.444. The van der Waals surface area contributed by atoms with Gasteiger partial charge in [0.2, 0.25) is 5.91 Å². The average Bonchev–Trinajstić information content (AvgIpc) is 2.88. The molecule has 1 amide bonds. The molecule has 0 fully saturated rings. The summed E-state index contributed by atoms with van der Waals surface area (Å²) in [7, 11) is 0. The smallest absolute Gasteiger partial charge is 0.235 e. The van der Waals surface area contributed by atoms with Gasteiger partial charge in [-0.25, -0.2) is 0 Å². The van der Waals surface area contributed by atoms with Gasteiger partial charge in [-0.1, -0.05) is 24.3 Å². The van der Waals surface area contributed by atoms with E-state index >= 15 is 0 Å². The van der Waals surface area contributed by atoms with Crippen LogP contribution in [0.15, 0.2) is 30.5 Å². The van der Waals surface area contributed by atoms with Crippen molar-refractivity contribution in [1.29, 1.82) is 0 Å². The van der Waals surface area contributed by atoms with Crippen LogP contribution in [0, 0.1) is 6.92 Å². The van der Waals surface area contributed by atoms with Crippen LogP contribution in [0.4, 0.5) is 0 Å². The van der Waals surface area contributed by atoms with Gasteiger partial charge in [0.1, 0.15) is 0 Å². The van der Waals surface area contributed by atoms with Gasteiger partial charge in [0.25, 0.3) is 0 Å². The maximum atomic E-state index is 11.9. The highest BCUT2D eigenvalue weighted by Crippen LogP contribution is 2.25. The molecule has 0 radical (unpaired) electrons. The number of nitrogens with two attached hydrogens (primary N) is 1. The van der Waals surface area contributed by atoms with Crippen molar-refractivity contribution >= 4 is 5.91 Å². The Balaban J connectivity index is 1.87. The minimum atomic E-state index is -0.258. The van der Waals surface area contributed by atoms with Crippen LogP contribution in [-0.4, -0.2) is 26.6 Å². The number of carbonyl (C=O) groups excluding carboxylic acids is 1. The summed E-state index contributed by atoms with van der Waals surface area (Å²) >= 11 is 0. The highest BCUT2D eigenvalue weighted by atomic mass is 16.1. The number of aryl methyl sites for hydroxylation is 1. The second kappa shape index (κ2) is 6.16. The van der Waals surface area contributed by atoms with Gasteiger partial charge in [0, 0.05) is 30.9 Å². The molecule has 1 atom stereocenters. The first kappa shape index (κ1) is 15.7. The standard InChI is InChI=1S/C18H24N4O/c1-12(2)22-11-16(13(3)20-22)10-21-9-15-7-5-4-6-14(15)8-17(21)18(19)23/h4-7,11-12,17H,8-10H2,1-3H3,(H2,19,23). The normalized spacial score (nSPS) is 18.2. The molecule has 2 heterocycles.